The summed E-state index contributed by atoms with van der Waals surface area (Å²) in [7, 11) is 0. The Labute approximate surface area is 137 Å². The molecule has 24 heavy (non-hydrogen) atoms. The molecule has 0 unspecified atom stereocenters. The smallest absolute Gasteiger partial charge is 0.307 e. The largest absolute Gasteiger partial charge is 0.508 e. The number of aryl methyl sites for hydroxylation is 1. The van der Waals surface area contributed by atoms with Crippen LogP contribution in [0.5, 0.6) is 11.6 Å². The van der Waals surface area contributed by atoms with Gasteiger partial charge in [0, 0.05) is 17.0 Å². The minimum Gasteiger partial charge on any atom is -0.508 e. The summed E-state index contributed by atoms with van der Waals surface area (Å²) in [4.78, 5) is 23.9. The van der Waals surface area contributed by atoms with Crippen molar-refractivity contribution in [3.63, 3.8) is 0 Å². The number of benzene rings is 2. The summed E-state index contributed by atoms with van der Waals surface area (Å²) < 4.78 is 1.10. The van der Waals surface area contributed by atoms with Gasteiger partial charge in [-0.05, 0) is 36.2 Å². The lowest BCUT2D eigenvalue weighted by atomic mass is 10.1. The van der Waals surface area contributed by atoms with Crippen molar-refractivity contribution in [3.8, 4) is 11.6 Å². The Hall–Kier alpha value is -3.28. The van der Waals surface area contributed by atoms with Crippen LogP contribution in [0.3, 0.4) is 0 Å². The van der Waals surface area contributed by atoms with E-state index >= 15 is 0 Å². The zero-order valence-corrected chi connectivity index (χ0v) is 12.9. The van der Waals surface area contributed by atoms with Gasteiger partial charge >= 0.3 is 5.97 Å². The van der Waals surface area contributed by atoms with E-state index in [-0.39, 0.29) is 23.6 Å². The Kier molecular flexibility index (Phi) is 3.73. The summed E-state index contributed by atoms with van der Waals surface area (Å²) in [5.41, 5.74) is 1.61. The molecule has 0 radical (unpaired) electrons. The van der Waals surface area contributed by atoms with Crippen LogP contribution in [0.4, 0.5) is 0 Å². The van der Waals surface area contributed by atoms with E-state index in [0.29, 0.717) is 22.0 Å². The van der Waals surface area contributed by atoms with Gasteiger partial charge in [0.05, 0.1) is 11.9 Å². The summed E-state index contributed by atoms with van der Waals surface area (Å²) in [6, 6.07) is 10.8. The van der Waals surface area contributed by atoms with Gasteiger partial charge in [-0.3, -0.25) is 9.59 Å². The Morgan fingerprint density at radius 1 is 1.08 bits per heavy atom. The highest BCUT2D eigenvalue weighted by atomic mass is 16.4. The first-order valence-corrected chi connectivity index (χ1v) is 7.27. The van der Waals surface area contributed by atoms with Gasteiger partial charge in [-0.25, -0.2) is 4.57 Å². The Bertz CT molecular complexity index is 971. The van der Waals surface area contributed by atoms with Crippen molar-refractivity contribution in [1.82, 2.24) is 4.57 Å². The summed E-state index contributed by atoms with van der Waals surface area (Å²) in [6.45, 7) is 1.66. The fourth-order valence-electron chi connectivity index (χ4n) is 2.75. The zero-order valence-electron chi connectivity index (χ0n) is 12.9. The first-order chi connectivity index (χ1) is 11.4. The molecule has 1 heterocycles. The number of phenolic OH excluding ortho intramolecular Hbond substituents is 1. The maximum absolute atomic E-state index is 12.8. The zero-order chi connectivity index (χ0) is 17.4. The first kappa shape index (κ1) is 15.6. The van der Waals surface area contributed by atoms with Gasteiger partial charge < -0.3 is 15.3 Å². The summed E-state index contributed by atoms with van der Waals surface area (Å²) in [5.74, 6) is -1.72. The number of carbonyl (C=O) groups excluding carboxylic acids is 1. The molecule has 0 aliphatic carbocycles. The number of carboxylic acids is 1. The van der Waals surface area contributed by atoms with Crippen LogP contribution < -0.4 is 0 Å². The van der Waals surface area contributed by atoms with Gasteiger partial charge in [0.1, 0.15) is 5.75 Å². The fourth-order valence-corrected chi connectivity index (χ4v) is 2.75. The topological polar surface area (TPSA) is 99.8 Å². The predicted molar refractivity (Wildman–Crippen MR) is 87.5 cm³/mol. The minimum absolute atomic E-state index is 0.0692. The Morgan fingerprint density at radius 3 is 2.50 bits per heavy atom. The van der Waals surface area contributed by atoms with Crippen LogP contribution in [0.25, 0.3) is 10.9 Å². The molecule has 0 atom stereocenters. The van der Waals surface area contributed by atoms with Crippen molar-refractivity contribution in [3.05, 3.63) is 59.2 Å². The molecule has 6 nitrogen and oxygen atoms in total. The third kappa shape index (κ3) is 2.58. The van der Waals surface area contributed by atoms with Crippen LogP contribution in [-0.2, 0) is 11.2 Å². The van der Waals surface area contributed by atoms with Gasteiger partial charge in [0.2, 0.25) is 0 Å². The second-order valence-corrected chi connectivity index (χ2v) is 5.57. The molecule has 0 fully saturated rings. The van der Waals surface area contributed by atoms with Gasteiger partial charge in [-0.15, -0.1) is 0 Å². The number of aromatic hydroxyl groups is 2. The number of aliphatic carboxylic acids is 1. The summed E-state index contributed by atoms with van der Waals surface area (Å²) >= 11 is 0. The highest BCUT2D eigenvalue weighted by molar-refractivity contribution is 6.05. The number of nitrogens with zero attached hydrogens (tertiary/aromatic N) is 1. The molecule has 3 N–H and O–H groups in total. The number of phenols is 1. The number of fused-ring (bicyclic) bond motifs is 1. The SMILES string of the molecule is Cc1cc(C(=O)n2c(O)cc3cccc(CC(=O)O)c32)ccc1O. The number of para-hydroxylation sites is 1. The van der Waals surface area contributed by atoms with Crippen LogP contribution in [0.1, 0.15) is 21.5 Å². The maximum Gasteiger partial charge on any atom is 0.307 e. The second kappa shape index (κ2) is 5.73. The van der Waals surface area contributed by atoms with E-state index in [1.807, 2.05) is 0 Å². The molecule has 0 saturated carbocycles. The van der Waals surface area contributed by atoms with Gasteiger partial charge in [-0.2, -0.15) is 0 Å². The van der Waals surface area contributed by atoms with Gasteiger partial charge in [-0.1, -0.05) is 18.2 Å². The molecule has 3 rings (SSSR count). The number of aromatic nitrogens is 1. The van der Waals surface area contributed by atoms with Crippen LogP contribution in [-0.4, -0.2) is 31.8 Å². The molecule has 6 heteroatoms. The quantitative estimate of drug-likeness (QED) is 0.687. The van der Waals surface area contributed by atoms with Crippen molar-refractivity contribution < 1.29 is 24.9 Å². The average Bonchev–Trinajstić information content (AvgIpc) is 2.86. The van der Waals surface area contributed by atoms with E-state index in [2.05, 4.69) is 0 Å². The average molecular weight is 325 g/mol. The fraction of sp³-hybridized carbons (Fsp3) is 0.111. The van der Waals surface area contributed by atoms with Crippen LogP contribution >= 0.6 is 0 Å². The van der Waals surface area contributed by atoms with E-state index in [4.69, 9.17) is 5.11 Å². The first-order valence-electron chi connectivity index (χ1n) is 7.27. The van der Waals surface area contributed by atoms with E-state index < -0.39 is 11.9 Å². The predicted octanol–water partition coefficient (Wildman–Crippen LogP) is 2.68. The number of carboxylic acid groups (broad SMARTS) is 1. The number of carbonyl (C=O) groups is 2. The monoisotopic (exact) mass is 325 g/mol. The third-order valence-electron chi connectivity index (χ3n) is 3.88. The Morgan fingerprint density at radius 2 is 1.83 bits per heavy atom. The van der Waals surface area contributed by atoms with Gasteiger partial charge in [0.15, 0.2) is 5.88 Å². The molecule has 1 aromatic heterocycles. The maximum atomic E-state index is 12.8. The molecule has 0 bridgehead atoms. The molecular weight excluding hydrogens is 310 g/mol. The molecule has 122 valence electrons. The molecular formula is C18H15NO5. The number of hydrogen-bond donors (Lipinski definition) is 3. The summed E-state index contributed by atoms with van der Waals surface area (Å²) in [6.07, 6.45) is -0.261. The van der Waals surface area contributed by atoms with E-state index in [0.717, 1.165) is 4.57 Å². The van der Waals surface area contributed by atoms with Crippen molar-refractivity contribution in [2.75, 3.05) is 0 Å². The lowest BCUT2D eigenvalue weighted by Crippen LogP contribution is -2.13. The molecule has 0 aliphatic rings. The summed E-state index contributed by atoms with van der Waals surface area (Å²) in [5, 5.41) is 29.4. The molecule has 0 spiro atoms. The van der Waals surface area contributed by atoms with E-state index in [9.17, 15) is 19.8 Å². The Balaban J connectivity index is 2.21. The minimum atomic E-state index is -1.03. The molecule has 0 aliphatic heterocycles. The van der Waals surface area contributed by atoms with Crippen molar-refractivity contribution in [1.29, 1.82) is 0 Å². The molecule has 0 saturated heterocycles. The van der Waals surface area contributed by atoms with Crippen LogP contribution in [0, 0.1) is 6.92 Å². The van der Waals surface area contributed by atoms with Crippen LogP contribution in [0.2, 0.25) is 0 Å². The van der Waals surface area contributed by atoms with Crippen molar-refractivity contribution in [2.24, 2.45) is 0 Å². The molecule has 2 aromatic carbocycles. The lowest BCUT2D eigenvalue weighted by molar-refractivity contribution is -0.136. The second-order valence-electron chi connectivity index (χ2n) is 5.57. The number of rotatable bonds is 3. The van der Waals surface area contributed by atoms with E-state index in [1.54, 1.807) is 25.1 Å². The normalized spacial score (nSPS) is 10.9. The number of hydrogen-bond acceptors (Lipinski definition) is 4. The third-order valence-corrected chi connectivity index (χ3v) is 3.88. The highest BCUT2D eigenvalue weighted by Gasteiger charge is 2.20. The van der Waals surface area contributed by atoms with Gasteiger partial charge in [0.25, 0.3) is 5.91 Å². The van der Waals surface area contributed by atoms with Crippen molar-refractivity contribution in [2.45, 2.75) is 13.3 Å². The highest BCUT2D eigenvalue weighted by Crippen LogP contribution is 2.29. The molecule has 3 aromatic rings. The standard InChI is InChI=1S/C18H15NO5/c1-10-7-13(5-6-14(10)20)18(24)19-15(21)8-11-3-2-4-12(17(11)19)9-16(22)23/h2-8,20-21H,9H2,1H3,(H,22,23). The van der Waals surface area contributed by atoms with Crippen LogP contribution in [0.15, 0.2) is 42.5 Å². The van der Waals surface area contributed by atoms with E-state index in [1.165, 1.54) is 24.3 Å². The molecule has 0 amide bonds. The lowest BCUT2D eigenvalue weighted by Gasteiger charge is -2.10. The van der Waals surface area contributed by atoms with Crippen molar-refractivity contribution >= 4 is 22.8 Å².